The van der Waals surface area contributed by atoms with Gasteiger partial charge >= 0.3 is 0 Å². The Balaban J connectivity index is 1.89. The van der Waals surface area contributed by atoms with Crippen molar-refractivity contribution in [3.63, 3.8) is 0 Å². The largest absolute Gasteiger partial charge is 0.351 e. The number of hydrogen-bond donors (Lipinski definition) is 2. The molecule has 0 spiro atoms. The topological polar surface area (TPSA) is 41.1 Å². The van der Waals surface area contributed by atoms with Gasteiger partial charge in [-0.1, -0.05) is 0 Å². The molecule has 2 rings (SSSR count). The zero-order valence-corrected chi connectivity index (χ0v) is 8.39. The smallest absolute Gasteiger partial charge is 0.225 e. The first-order chi connectivity index (χ1) is 6.11. The van der Waals surface area contributed by atoms with E-state index in [1.54, 1.807) is 0 Å². The van der Waals surface area contributed by atoms with E-state index in [0.717, 1.165) is 25.8 Å². The molecule has 0 bridgehead atoms. The molecule has 0 radical (unpaired) electrons. The van der Waals surface area contributed by atoms with Crippen LogP contribution in [0, 0.1) is 5.92 Å². The molecule has 3 heteroatoms. The van der Waals surface area contributed by atoms with Crippen molar-refractivity contribution in [2.75, 3.05) is 6.54 Å². The minimum Gasteiger partial charge on any atom is -0.351 e. The predicted molar refractivity (Wildman–Crippen MR) is 51.4 cm³/mol. The average molecular weight is 182 g/mol. The maximum absolute atomic E-state index is 11.8. The van der Waals surface area contributed by atoms with E-state index in [4.69, 9.17) is 0 Å². The van der Waals surface area contributed by atoms with Gasteiger partial charge in [0.05, 0.1) is 5.92 Å². The summed E-state index contributed by atoms with van der Waals surface area (Å²) >= 11 is 0. The van der Waals surface area contributed by atoms with Crippen molar-refractivity contribution >= 4 is 5.91 Å². The third-order valence-electron chi connectivity index (χ3n) is 3.29. The van der Waals surface area contributed by atoms with Crippen molar-refractivity contribution in [1.82, 2.24) is 10.6 Å². The molecule has 1 heterocycles. The zero-order chi connectivity index (χ0) is 9.47. The highest BCUT2D eigenvalue weighted by Crippen LogP contribution is 2.35. The van der Waals surface area contributed by atoms with Gasteiger partial charge in [-0.2, -0.15) is 0 Å². The summed E-state index contributed by atoms with van der Waals surface area (Å²) in [5, 5.41) is 6.42. The fourth-order valence-corrected chi connectivity index (χ4v) is 1.92. The number of nitrogens with one attached hydrogen (secondary N) is 2. The fourth-order valence-electron chi connectivity index (χ4n) is 1.92. The molecular weight excluding hydrogens is 164 g/mol. The molecule has 0 aromatic carbocycles. The van der Waals surface area contributed by atoms with E-state index >= 15 is 0 Å². The van der Waals surface area contributed by atoms with Crippen molar-refractivity contribution in [3.05, 3.63) is 0 Å². The third kappa shape index (κ3) is 1.85. The van der Waals surface area contributed by atoms with Gasteiger partial charge in [-0.25, -0.2) is 0 Å². The summed E-state index contributed by atoms with van der Waals surface area (Å²) in [6.07, 6.45) is 3.28. The van der Waals surface area contributed by atoms with Crippen LogP contribution in [0.25, 0.3) is 0 Å². The summed E-state index contributed by atoms with van der Waals surface area (Å²) < 4.78 is 0. The van der Waals surface area contributed by atoms with Gasteiger partial charge in [0, 0.05) is 11.6 Å². The SMILES string of the molecule is CC1NCCC1C(=O)NC1(C)CC1. The van der Waals surface area contributed by atoms with Crippen molar-refractivity contribution in [2.45, 2.75) is 44.7 Å². The zero-order valence-electron chi connectivity index (χ0n) is 8.39. The van der Waals surface area contributed by atoms with Gasteiger partial charge in [-0.15, -0.1) is 0 Å². The van der Waals surface area contributed by atoms with E-state index in [9.17, 15) is 4.79 Å². The lowest BCUT2D eigenvalue weighted by molar-refractivity contribution is -0.125. The predicted octanol–water partition coefficient (Wildman–Crippen LogP) is 0.653. The molecule has 0 aromatic heterocycles. The van der Waals surface area contributed by atoms with Gasteiger partial charge in [0.2, 0.25) is 5.91 Å². The van der Waals surface area contributed by atoms with E-state index in [2.05, 4.69) is 24.5 Å². The fraction of sp³-hybridized carbons (Fsp3) is 0.900. The maximum Gasteiger partial charge on any atom is 0.225 e. The van der Waals surface area contributed by atoms with E-state index in [1.807, 2.05) is 0 Å². The maximum atomic E-state index is 11.8. The first-order valence-electron chi connectivity index (χ1n) is 5.16. The molecule has 2 N–H and O–H groups in total. The lowest BCUT2D eigenvalue weighted by atomic mass is 10.0. The summed E-state index contributed by atoms with van der Waals surface area (Å²) in [5.41, 5.74) is 0.138. The highest BCUT2D eigenvalue weighted by molar-refractivity contribution is 5.80. The van der Waals surface area contributed by atoms with Crippen molar-refractivity contribution in [2.24, 2.45) is 5.92 Å². The van der Waals surface area contributed by atoms with E-state index in [1.165, 1.54) is 0 Å². The van der Waals surface area contributed by atoms with Crippen LogP contribution < -0.4 is 10.6 Å². The first-order valence-corrected chi connectivity index (χ1v) is 5.16. The van der Waals surface area contributed by atoms with Gasteiger partial charge < -0.3 is 10.6 Å². The molecule has 2 unspecified atom stereocenters. The molecule has 1 aliphatic carbocycles. The molecule has 0 aromatic rings. The molecule has 1 saturated heterocycles. The summed E-state index contributed by atoms with van der Waals surface area (Å²) in [7, 11) is 0. The van der Waals surface area contributed by atoms with Crippen LogP contribution in [-0.2, 0) is 4.79 Å². The number of rotatable bonds is 2. The van der Waals surface area contributed by atoms with Gasteiger partial charge in [0.15, 0.2) is 0 Å². The lowest BCUT2D eigenvalue weighted by Gasteiger charge is -2.18. The molecule has 2 atom stereocenters. The Labute approximate surface area is 79.3 Å². The summed E-state index contributed by atoms with van der Waals surface area (Å²) in [6.45, 7) is 5.19. The highest BCUT2D eigenvalue weighted by atomic mass is 16.2. The molecule has 3 nitrogen and oxygen atoms in total. The minimum atomic E-state index is 0.138. The van der Waals surface area contributed by atoms with E-state index in [0.29, 0.717) is 6.04 Å². The molecule has 74 valence electrons. The van der Waals surface area contributed by atoms with Crippen molar-refractivity contribution < 1.29 is 4.79 Å². The molecule has 1 saturated carbocycles. The van der Waals surface area contributed by atoms with Crippen LogP contribution in [0.5, 0.6) is 0 Å². The van der Waals surface area contributed by atoms with Gasteiger partial charge in [0.25, 0.3) is 0 Å². The summed E-state index contributed by atoms with van der Waals surface area (Å²) in [5.74, 6) is 0.440. The average Bonchev–Trinajstić information content (AvgIpc) is 2.63. The second kappa shape index (κ2) is 2.98. The Morgan fingerprint density at radius 1 is 1.54 bits per heavy atom. The number of carbonyl (C=O) groups is 1. The molecule has 2 aliphatic rings. The standard InChI is InChI=1S/C10H18N2O/c1-7-8(3-6-11-7)9(13)12-10(2)4-5-10/h7-8,11H,3-6H2,1-2H3,(H,12,13). The quantitative estimate of drug-likeness (QED) is 0.658. The summed E-state index contributed by atoms with van der Waals surface area (Å²) in [6, 6.07) is 0.349. The second-order valence-corrected chi connectivity index (χ2v) is 4.69. The molecule has 1 aliphatic heterocycles. The lowest BCUT2D eigenvalue weighted by Crippen LogP contribution is -2.42. The van der Waals surface area contributed by atoms with Crippen LogP contribution in [0.15, 0.2) is 0 Å². The third-order valence-corrected chi connectivity index (χ3v) is 3.29. The van der Waals surface area contributed by atoms with Crippen molar-refractivity contribution in [1.29, 1.82) is 0 Å². The monoisotopic (exact) mass is 182 g/mol. The van der Waals surface area contributed by atoms with Crippen molar-refractivity contribution in [3.8, 4) is 0 Å². The van der Waals surface area contributed by atoms with Gasteiger partial charge in [0.1, 0.15) is 0 Å². The number of carbonyl (C=O) groups excluding carboxylic acids is 1. The molecule has 1 amide bonds. The Bertz CT molecular complexity index is 223. The second-order valence-electron chi connectivity index (χ2n) is 4.69. The van der Waals surface area contributed by atoms with Crippen LogP contribution in [0.1, 0.15) is 33.1 Å². The minimum absolute atomic E-state index is 0.138. The first kappa shape index (κ1) is 9.00. The Morgan fingerprint density at radius 2 is 2.23 bits per heavy atom. The highest BCUT2D eigenvalue weighted by Gasteiger charge is 2.41. The molecule has 13 heavy (non-hydrogen) atoms. The summed E-state index contributed by atoms with van der Waals surface area (Å²) in [4.78, 5) is 11.8. The molecular formula is C10H18N2O. The Hall–Kier alpha value is -0.570. The number of hydrogen-bond acceptors (Lipinski definition) is 2. The van der Waals surface area contributed by atoms with Crippen LogP contribution in [0.3, 0.4) is 0 Å². The van der Waals surface area contributed by atoms with E-state index < -0.39 is 0 Å². The van der Waals surface area contributed by atoms with Crippen LogP contribution in [0.2, 0.25) is 0 Å². The normalized spacial score (nSPS) is 35.8. The Kier molecular flexibility index (Phi) is 2.06. The Morgan fingerprint density at radius 3 is 2.69 bits per heavy atom. The van der Waals surface area contributed by atoms with Crippen LogP contribution in [-0.4, -0.2) is 24.0 Å². The van der Waals surface area contributed by atoms with E-state index in [-0.39, 0.29) is 17.4 Å². The molecule has 2 fully saturated rings. The van der Waals surface area contributed by atoms with Gasteiger partial charge in [-0.3, -0.25) is 4.79 Å². The van der Waals surface area contributed by atoms with Crippen LogP contribution >= 0.6 is 0 Å². The van der Waals surface area contributed by atoms with Gasteiger partial charge in [-0.05, 0) is 39.7 Å². The number of amides is 1. The van der Waals surface area contributed by atoms with Crippen LogP contribution in [0.4, 0.5) is 0 Å².